The summed E-state index contributed by atoms with van der Waals surface area (Å²) in [6, 6.07) is 18.7. The van der Waals surface area contributed by atoms with Crippen molar-refractivity contribution in [3.63, 3.8) is 0 Å². The van der Waals surface area contributed by atoms with E-state index in [1.165, 1.54) is 13.8 Å². The molecule has 0 fully saturated rings. The van der Waals surface area contributed by atoms with Gasteiger partial charge < -0.3 is 14.4 Å². The topological polar surface area (TPSA) is 72.9 Å². The van der Waals surface area contributed by atoms with Gasteiger partial charge in [-0.05, 0) is 30.9 Å². The summed E-state index contributed by atoms with van der Waals surface area (Å²) in [6.07, 6.45) is 0.355. The molecule has 0 aliphatic rings. The lowest BCUT2D eigenvalue weighted by atomic mass is 9.93. The molecule has 2 aromatic rings. The maximum atomic E-state index is 13.4. The number of benzene rings is 2. The van der Waals surface area contributed by atoms with Crippen LogP contribution < -0.4 is 0 Å². The van der Waals surface area contributed by atoms with E-state index in [-0.39, 0.29) is 30.4 Å². The first kappa shape index (κ1) is 24.1. The van der Waals surface area contributed by atoms with Gasteiger partial charge in [0.15, 0.2) is 0 Å². The lowest BCUT2D eigenvalue weighted by Crippen LogP contribution is -2.44. The van der Waals surface area contributed by atoms with Crippen molar-refractivity contribution in [1.82, 2.24) is 4.90 Å². The van der Waals surface area contributed by atoms with E-state index in [1.807, 2.05) is 67.6 Å². The predicted molar refractivity (Wildman–Crippen MR) is 118 cm³/mol. The summed E-state index contributed by atoms with van der Waals surface area (Å²) in [4.78, 5) is 38.0. The van der Waals surface area contributed by atoms with E-state index in [2.05, 4.69) is 0 Å². The fourth-order valence-electron chi connectivity index (χ4n) is 3.51. The van der Waals surface area contributed by atoms with E-state index in [0.717, 1.165) is 11.1 Å². The van der Waals surface area contributed by atoms with E-state index in [0.29, 0.717) is 12.8 Å². The van der Waals surface area contributed by atoms with E-state index < -0.39 is 12.1 Å². The molecular weight excluding hydrogens is 394 g/mol. The Hall–Kier alpha value is -3.15. The standard InChI is InChI=1S/C25H31NO5/c1-18(24(31-20(3)28)22-13-9-6-10-14-22)26(4)25(29)23(15-16-30-19(2)27)17-21-11-7-5-8-12-21/h5-14,18,23-24H,15-17H2,1-4H3/t18-,23-,24+/m0/s1. The number of likely N-dealkylation sites (N-methyl/N-ethyl adjacent to an activating group) is 1. The number of carbonyl (C=O) groups is 3. The maximum absolute atomic E-state index is 13.4. The molecule has 6 heteroatoms. The molecule has 0 N–H and O–H groups in total. The van der Waals surface area contributed by atoms with Crippen LogP contribution in [0.4, 0.5) is 0 Å². The van der Waals surface area contributed by atoms with Gasteiger partial charge in [-0.2, -0.15) is 0 Å². The molecule has 0 radical (unpaired) electrons. The number of carbonyl (C=O) groups excluding carboxylic acids is 3. The smallest absolute Gasteiger partial charge is 0.303 e. The second-order valence-corrected chi connectivity index (χ2v) is 7.65. The fraction of sp³-hybridized carbons (Fsp3) is 0.400. The second-order valence-electron chi connectivity index (χ2n) is 7.65. The second kappa shape index (κ2) is 11.9. The van der Waals surface area contributed by atoms with Crippen molar-refractivity contribution in [3.05, 3.63) is 71.8 Å². The Morgan fingerprint density at radius 2 is 1.48 bits per heavy atom. The van der Waals surface area contributed by atoms with Crippen molar-refractivity contribution in [2.24, 2.45) is 5.92 Å². The zero-order valence-corrected chi connectivity index (χ0v) is 18.6. The highest BCUT2D eigenvalue weighted by Gasteiger charge is 2.32. The zero-order valence-electron chi connectivity index (χ0n) is 18.6. The van der Waals surface area contributed by atoms with Crippen molar-refractivity contribution >= 4 is 17.8 Å². The lowest BCUT2D eigenvalue weighted by Gasteiger charge is -2.34. The SMILES string of the molecule is CC(=O)OCC[C@@H](Cc1ccccc1)C(=O)N(C)[C@@H](C)[C@@H](OC(C)=O)c1ccccc1. The van der Waals surface area contributed by atoms with Crippen LogP contribution in [0.3, 0.4) is 0 Å². The Bertz CT molecular complexity index is 853. The van der Waals surface area contributed by atoms with Crippen LogP contribution >= 0.6 is 0 Å². The number of rotatable bonds is 10. The molecule has 0 aliphatic carbocycles. The van der Waals surface area contributed by atoms with Gasteiger partial charge in [-0.25, -0.2) is 0 Å². The Balaban J connectivity index is 2.21. The van der Waals surface area contributed by atoms with Crippen LogP contribution in [0.5, 0.6) is 0 Å². The van der Waals surface area contributed by atoms with Crippen LogP contribution in [0.15, 0.2) is 60.7 Å². The number of amides is 1. The predicted octanol–water partition coefficient (Wildman–Crippen LogP) is 3.95. The Morgan fingerprint density at radius 1 is 0.903 bits per heavy atom. The number of hydrogen-bond donors (Lipinski definition) is 0. The average molecular weight is 426 g/mol. The molecule has 0 aromatic heterocycles. The largest absolute Gasteiger partial charge is 0.466 e. The summed E-state index contributed by atoms with van der Waals surface area (Å²) in [7, 11) is 1.72. The van der Waals surface area contributed by atoms with Crippen molar-refractivity contribution in [3.8, 4) is 0 Å². The van der Waals surface area contributed by atoms with Crippen LogP contribution in [0, 0.1) is 5.92 Å². The molecular formula is C25H31NO5. The van der Waals surface area contributed by atoms with E-state index in [1.54, 1.807) is 11.9 Å². The number of ether oxygens (including phenoxy) is 2. The highest BCUT2D eigenvalue weighted by Crippen LogP contribution is 2.26. The Kier molecular flexibility index (Phi) is 9.25. The molecule has 0 saturated carbocycles. The van der Waals surface area contributed by atoms with Crippen LogP contribution in [0.25, 0.3) is 0 Å². The Labute approximate surface area is 184 Å². The molecule has 6 nitrogen and oxygen atoms in total. The van der Waals surface area contributed by atoms with Crippen LogP contribution in [0.1, 0.15) is 44.4 Å². The summed E-state index contributed by atoms with van der Waals surface area (Å²) in [6.45, 7) is 4.75. The molecule has 3 atom stereocenters. The van der Waals surface area contributed by atoms with E-state index >= 15 is 0 Å². The molecule has 0 saturated heterocycles. The minimum Gasteiger partial charge on any atom is -0.466 e. The summed E-state index contributed by atoms with van der Waals surface area (Å²) in [5.41, 5.74) is 1.86. The first-order valence-corrected chi connectivity index (χ1v) is 10.5. The van der Waals surface area contributed by atoms with Gasteiger partial charge in [0.2, 0.25) is 5.91 Å². The van der Waals surface area contributed by atoms with Gasteiger partial charge in [0.1, 0.15) is 6.10 Å². The molecule has 0 spiro atoms. The molecule has 2 aromatic carbocycles. The van der Waals surface area contributed by atoms with E-state index in [4.69, 9.17) is 9.47 Å². The third-order valence-corrected chi connectivity index (χ3v) is 5.26. The molecule has 0 bridgehead atoms. The molecule has 2 rings (SSSR count). The van der Waals surface area contributed by atoms with Gasteiger partial charge in [-0.1, -0.05) is 60.7 Å². The Morgan fingerprint density at radius 3 is 2.03 bits per heavy atom. The van der Waals surface area contributed by atoms with Gasteiger partial charge in [-0.15, -0.1) is 0 Å². The maximum Gasteiger partial charge on any atom is 0.303 e. The molecule has 1 amide bonds. The highest BCUT2D eigenvalue weighted by atomic mass is 16.5. The molecule has 166 valence electrons. The quantitative estimate of drug-likeness (QED) is 0.539. The third kappa shape index (κ3) is 7.55. The van der Waals surface area contributed by atoms with Crippen molar-refractivity contribution < 1.29 is 23.9 Å². The average Bonchev–Trinajstić information content (AvgIpc) is 2.76. The monoisotopic (exact) mass is 425 g/mol. The minimum absolute atomic E-state index is 0.0865. The van der Waals surface area contributed by atoms with Gasteiger partial charge in [-0.3, -0.25) is 14.4 Å². The fourth-order valence-corrected chi connectivity index (χ4v) is 3.51. The number of hydrogen-bond acceptors (Lipinski definition) is 5. The van der Waals surface area contributed by atoms with Crippen molar-refractivity contribution in [1.29, 1.82) is 0 Å². The van der Waals surface area contributed by atoms with Crippen molar-refractivity contribution in [2.45, 2.75) is 45.8 Å². The lowest BCUT2D eigenvalue weighted by molar-refractivity contribution is -0.154. The van der Waals surface area contributed by atoms with Gasteiger partial charge >= 0.3 is 11.9 Å². The van der Waals surface area contributed by atoms with Crippen LogP contribution in [-0.4, -0.2) is 42.4 Å². The molecule has 0 unspecified atom stereocenters. The summed E-state index contributed by atoms with van der Waals surface area (Å²) in [5.74, 6) is -1.23. The van der Waals surface area contributed by atoms with Crippen LogP contribution in [-0.2, 0) is 30.3 Å². The van der Waals surface area contributed by atoms with E-state index in [9.17, 15) is 14.4 Å². The first-order valence-electron chi connectivity index (χ1n) is 10.5. The summed E-state index contributed by atoms with van der Waals surface area (Å²) < 4.78 is 10.7. The number of esters is 2. The zero-order chi connectivity index (χ0) is 22.8. The van der Waals surface area contributed by atoms with Gasteiger partial charge in [0.05, 0.1) is 12.6 Å². The minimum atomic E-state index is -0.585. The van der Waals surface area contributed by atoms with Gasteiger partial charge in [0, 0.05) is 26.8 Å². The summed E-state index contributed by atoms with van der Waals surface area (Å²) >= 11 is 0. The molecule has 31 heavy (non-hydrogen) atoms. The third-order valence-electron chi connectivity index (χ3n) is 5.26. The molecule has 0 heterocycles. The summed E-state index contributed by atoms with van der Waals surface area (Å²) in [5, 5.41) is 0. The van der Waals surface area contributed by atoms with Crippen molar-refractivity contribution in [2.75, 3.05) is 13.7 Å². The first-order chi connectivity index (χ1) is 14.8. The number of nitrogens with zero attached hydrogens (tertiary/aromatic N) is 1. The molecule has 0 aliphatic heterocycles. The normalized spacial score (nSPS) is 13.5. The van der Waals surface area contributed by atoms with Gasteiger partial charge in [0.25, 0.3) is 0 Å². The van der Waals surface area contributed by atoms with Crippen LogP contribution in [0.2, 0.25) is 0 Å². The highest BCUT2D eigenvalue weighted by molar-refractivity contribution is 5.79.